The summed E-state index contributed by atoms with van der Waals surface area (Å²) in [7, 11) is 0. The molecule has 2 aromatic heterocycles. The summed E-state index contributed by atoms with van der Waals surface area (Å²) in [6, 6.07) is 3.33. The number of halogens is 1. The van der Waals surface area contributed by atoms with Crippen molar-refractivity contribution in [3.8, 4) is 0 Å². The summed E-state index contributed by atoms with van der Waals surface area (Å²) in [5.41, 5.74) is 4.88. The second-order valence-electron chi connectivity index (χ2n) is 5.37. The number of aliphatic hydroxyl groups is 3. The highest BCUT2D eigenvalue weighted by molar-refractivity contribution is 6.30. The summed E-state index contributed by atoms with van der Waals surface area (Å²) in [4.78, 5) is 3.96. The summed E-state index contributed by atoms with van der Waals surface area (Å²) in [6.45, 7) is 1.06. The quantitative estimate of drug-likeness (QED) is 0.592. The molecular formula is C13H16ClN3O4. The molecule has 4 unspecified atom stereocenters. The lowest BCUT2D eigenvalue weighted by molar-refractivity contribution is -0.0946. The Morgan fingerprint density at radius 2 is 2.29 bits per heavy atom. The second kappa shape index (κ2) is 4.82. The van der Waals surface area contributed by atoms with E-state index in [0.29, 0.717) is 10.9 Å². The SMILES string of the molecule is CC1(O)C(O)C(CO)OC1n1ccc2c(N)nc(Cl)cc21. The van der Waals surface area contributed by atoms with E-state index in [1.54, 1.807) is 22.9 Å². The highest BCUT2D eigenvalue weighted by Gasteiger charge is 2.52. The zero-order chi connectivity index (χ0) is 15.4. The minimum Gasteiger partial charge on any atom is -0.394 e. The van der Waals surface area contributed by atoms with Crippen LogP contribution in [-0.4, -0.2) is 49.3 Å². The molecule has 7 nitrogen and oxygen atoms in total. The molecule has 0 bridgehead atoms. The summed E-state index contributed by atoms with van der Waals surface area (Å²) >= 11 is 5.92. The Labute approximate surface area is 125 Å². The first kappa shape index (κ1) is 14.6. The lowest BCUT2D eigenvalue weighted by atomic mass is 9.96. The average Bonchev–Trinajstić information content (AvgIpc) is 2.91. The van der Waals surface area contributed by atoms with Crippen LogP contribution in [0.2, 0.25) is 5.15 Å². The number of anilines is 1. The zero-order valence-electron chi connectivity index (χ0n) is 11.3. The van der Waals surface area contributed by atoms with E-state index in [1.807, 2.05) is 0 Å². The minimum atomic E-state index is -1.57. The average molecular weight is 314 g/mol. The molecule has 5 N–H and O–H groups in total. The lowest BCUT2D eigenvalue weighted by Gasteiger charge is -2.28. The van der Waals surface area contributed by atoms with Crippen molar-refractivity contribution in [2.75, 3.05) is 12.3 Å². The van der Waals surface area contributed by atoms with E-state index in [1.165, 1.54) is 6.92 Å². The highest BCUT2D eigenvalue weighted by atomic mass is 35.5. The maximum Gasteiger partial charge on any atom is 0.165 e. The van der Waals surface area contributed by atoms with Gasteiger partial charge in [-0.05, 0) is 13.0 Å². The highest BCUT2D eigenvalue weighted by Crippen LogP contribution is 2.40. The Bertz CT molecular complexity index is 687. The molecule has 0 saturated carbocycles. The number of rotatable bonds is 2. The van der Waals surface area contributed by atoms with Crippen LogP contribution in [0, 0.1) is 0 Å². The third-order valence-corrected chi connectivity index (χ3v) is 4.10. The van der Waals surface area contributed by atoms with E-state index in [0.717, 1.165) is 0 Å². The number of fused-ring (bicyclic) bond motifs is 1. The normalized spacial score (nSPS) is 32.9. The van der Waals surface area contributed by atoms with Crippen LogP contribution >= 0.6 is 11.6 Å². The van der Waals surface area contributed by atoms with Crippen LogP contribution < -0.4 is 5.73 Å². The van der Waals surface area contributed by atoms with Crippen LogP contribution in [0.5, 0.6) is 0 Å². The van der Waals surface area contributed by atoms with Crippen molar-refractivity contribution in [3.63, 3.8) is 0 Å². The molecule has 0 aromatic carbocycles. The predicted molar refractivity (Wildman–Crippen MR) is 76.8 cm³/mol. The molecule has 1 saturated heterocycles. The van der Waals surface area contributed by atoms with E-state index >= 15 is 0 Å². The molecule has 114 valence electrons. The standard InChI is InChI=1S/C13H16ClN3O4/c1-13(20)10(19)8(5-18)21-12(13)17-3-2-6-7(17)4-9(14)16-11(6)15/h2-4,8,10,12,18-20H,5H2,1H3,(H2,15,16). The molecule has 4 atom stereocenters. The molecule has 2 aromatic rings. The molecule has 0 radical (unpaired) electrons. The molecule has 1 aliphatic heterocycles. The van der Waals surface area contributed by atoms with Gasteiger partial charge in [0.15, 0.2) is 6.23 Å². The van der Waals surface area contributed by atoms with Gasteiger partial charge in [-0.1, -0.05) is 11.6 Å². The molecule has 21 heavy (non-hydrogen) atoms. The van der Waals surface area contributed by atoms with Gasteiger partial charge >= 0.3 is 0 Å². The molecule has 0 amide bonds. The first-order valence-electron chi connectivity index (χ1n) is 6.45. The van der Waals surface area contributed by atoms with E-state index < -0.39 is 30.6 Å². The van der Waals surface area contributed by atoms with E-state index in [-0.39, 0.29) is 11.0 Å². The molecular weight excluding hydrogens is 298 g/mol. The third kappa shape index (κ3) is 2.09. The van der Waals surface area contributed by atoms with Crippen molar-refractivity contribution < 1.29 is 20.1 Å². The Hall–Kier alpha value is -1.38. The predicted octanol–water partition coefficient (Wildman–Crippen LogP) is 0.273. The van der Waals surface area contributed by atoms with E-state index in [9.17, 15) is 15.3 Å². The second-order valence-corrected chi connectivity index (χ2v) is 5.75. The van der Waals surface area contributed by atoms with Crippen LogP contribution in [0.15, 0.2) is 18.3 Å². The zero-order valence-corrected chi connectivity index (χ0v) is 12.0. The summed E-state index contributed by atoms with van der Waals surface area (Å²) in [5, 5.41) is 30.7. The van der Waals surface area contributed by atoms with Crippen molar-refractivity contribution >= 4 is 28.3 Å². The number of ether oxygens (including phenoxy) is 1. The summed E-state index contributed by atoms with van der Waals surface area (Å²) in [6.07, 6.45) is -1.28. The summed E-state index contributed by atoms with van der Waals surface area (Å²) < 4.78 is 7.20. The number of aromatic nitrogens is 2. The number of hydrogen-bond acceptors (Lipinski definition) is 6. The Balaban J connectivity index is 2.13. The summed E-state index contributed by atoms with van der Waals surface area (Å²) in [5.74, 6) is 0.271. The van der Waals surface area contributed by atoms with Crippen LogP contribution in [0.25, 0.3) is 10.9 Å². The molecule has 3 rings (SSSR count). The van der Waals surface area contributed by atoms with Gasteiger partial charge in [0.1, 0.15) is 28.8 Å². The van der Waals surface area contributed by atoms with Gasteiger partial charge < -0.3 is 30.4 Å². The molecule has 8 heteroatoms. The Morgan fingerprint density at radius 3 is 2.90 bits per heavy atom. The fourth-order valence-electron chi connectivity index (χ4n) is 2.74. The maximum absolute atomic E-state index is 10.5. The van der Waals surface area contributed by atoms with Crippen molar-refractivity contribution in [1.29, 1.82) is 0 Å². The van der Waals surface area contributed by atoms with Crippen LogP contribution in [0.1, 0.15) is 13.2 Å². The van der Waals surface area contributed by atoms with Gasteiger partial charge in [0.2, 0.25) is 0 Å². The smallest absolute Gasteiger partial charge is 0.165 e. The fourth-order valence-corrected chi connectivity index (χ4v) is 2.94. The van der Waals surface area contributed by atoms with E-state index in [4.69, 9.17) is 22.1 Å². The van der Waals surface area contributed by atoms with Crippen molar-refractivity contribution in [3.05, 3.63) is 23.5 Å². The van der Waals surface area contributed by atoms with Crippen LogP contribution in [-0.2, 0) is 4.74 Å². The van der Waals surface area contributed by atoms with Crippen LogP contribution in [0.3, 0.4) is 0 Å². The van der Waals surface area contributed by atoms with Gasteiger partial charge in [0.25, 0.3) is 0 Å². The molecule has 3 heterocycles. The topological polar surface area (TPSA) is 114 Å². The van der Waals surface area contributed by atoms with Crippen molar-refractivity contribution in [2.45, 2.75) is 31.0 Å². The molecule has 1 aliphatic rings. The number of nitrogens with two attached hydrogens (primary N) is 1. The number of nitrogens with zero attached hydrogens (tertiary/aromatic N) is 2. The van der Waals surface area contributed by atoms with Gasteiger partial charge in [-0.2, -0.15) is 0 Å². The van der Waals surface area contributed by atoms with Crippen LogP contribution in [0.4, 0.5) is 5.82 Å². The first-order chi connectivity index (χ1) is 9.86. The van der Waals surface area contributed by atoms with Gasteiger partial charge in [-0.25, -0.2) is 4.98 Å². The largest absolute Gasteiger partial charge is 0.394 e. The third-order valence-electron chi connectivity index (χ3n) is 3.90. The first-order valence-corrected chi connectivity index (χ1v) is 6.83. The van der Waals surface area contributed by atoms with Crippen molar-refractivity contribution in [2.24, 2.45) is 0 Å². The number of hydrogen-bond donors (Lipinski definition) is 4. The maximum atomic E-state index is 10.5. The van der Waals surface area contributed by atoms with Gasteiger partial charge in [0, 0.05) is 17.6 Å². The Kier molecular flexibility index (Phi) is 3.34. The molecule has 0 spiro atoms. The molecule has 0 aliphatic carbocycles. The minimum absolute atomic E-state index is 0.219. The number of pyridine rings is 1. The number of aliphatic hydroxyl groups excluding tert-OH is 2. The number of nitrogen functional groups attached to an aromatic ring is 1. The monoisotopic (exact) mass is 313 g/mol. The van der Waals surface area contributed by atoms with Gasteiger partial charge in [0.05, 0.1) is 12.1 Å². The van der Waals surface area contributed by atoms with E-state index in [2.05, 4.69) is 4.98 Å². The van der Waals surface area contributed by atoms with Gasteiger partial charge in [-0.3, -0.25) is 0 Å². The Morgan fingerprint density at radius 1 is 1.57 bits per heavy atom. The van der Waals surface area contributed by atoms with Crippen molar-refractivity contribution in [1.82, 2.24) is 9.55 Å². The molecule has 1 fully saturated rings. The fraction of sp³-hybridized carbons (Fsp3) is 0.462. The lowest BCUT2D eigenvalue weighted by Crippen LogP contribution is -2.44. The van der Waals surface area contributed by atoms with Gasteiger partial charge in [-0.15, -0.1) is 0 Å².